The van der Waals surface area contributed by atoms with E-state index in [9.17, 15) is 4.79 Å². The van der Waals surface area contributed by atoms with Gasteiger partial charge in [-0.1, -0.05) is 12.1 Å². The summed E-state index contributed by atoms with van der Waals surface area (Å²) in [5.74, 6) is 1.64. The number of benzene rings is 1. The molecule has 1 aromatic carbocycles. The van der Waals surface area contributed by atoms with Crippen molar-refractivity contribution in [3.8, 4) is 5.75 Å². The molecule has 0 bridgehead atoms. The number of amides is 1. The van der Waals surface area contributed by atoms with Crippen LogP contribution in [0.1, 0.15) is 31.2 Å². The van der Waals surface area contributed by atoms with Crippen molar-refractivity contribution in [3.63, 3.8) is 0 Å². The SMILES string of the molecule is COc1ccc(CN2CCC(CNC(=O)CCCN)CC2)cc1.Cl.Cl. The molecule has 1 aromatic rings. The molecule has 0 atom stereocenters. The number of halogens is 2. The van der Waals surface area contributed by atoms with E-state index in [1.54, 1.807) is 7.11 Å². The molecule has 0 spiro atoms. The number of rotatable bonds is 8. The molecule has 7 heteroatoms. The molecule has 1 saturated heterocycles. The Hall–Kier alpha value is -1.01. The number of methoxy groups -OCH3 is 1. The van der Waals surface area contributed by atoms with Crippen LogP contribution in [0.3, 0.4) is 0 Å². The van der Waals surface area contributed by atoms with E-state index in [2.05, 4.69) is 22.3 Å². The molecule has 25 heavy (non-hydrogen) atoms. The summed E-state index contributed by atoms with van der Waals surface area (Å²) in [6.45, 7) is 4.56. The van der Waals surface area contributed by atoms with Gasteiger partial charge in [-0.25, -0.2) is 0 Å². The van der Waals surface area contributed by atoms with Gasteiger partial charge in [0.15, 0.2) is 0 Å². The number of nitrogens with one attached hydrogen (secondary N) is 1. The van der Waals surface area contributed by atoms with Gasteiger partial charge in [0, 0.05) is 19.5 Å². The maximum Gasteiger partial charge on any atom is 0.220 e. The van der Waals surface area contributed by atoms with Crippen molar-refractivity contribution in [1.82, 2.24) is 10.2 Å². The smallest absolute Gasteiger partial charge is 0.220 e. The van der Waals surface area contributed by atoms with Crippen LogP contribution in [0.25, 0.3) is 0 Å². The molecule has 1 aliphatic heterocycles. The van der Waals surface area contributed by atoms with E-state index >= 15 is 0 Å². The van der Waals surface area contributed by atoms with Crippen LogP contribution in [0.5, 0.6) is 5.75 Å². The molecule has 144 valence electrons. The number of nitrogens with two attached hydrogens (primary N) is 1. The minimum Gasteiger partial charge on any atom is -0.497 e. The fourth-order valence-corrected chi connectivity index (χ4v) is 2.95. The van der Waals surface area contributed by atoms with E-state index in [-0.39, 0.29) is 30.7 Å². The van der Waals surface area contributed by atoms with Crippen LogP contribution in [0.2, 0.25) is 0 Å². The van der Waals surface area contributed by atoms with Crippen LogP contribution < -0.4 is 15.8 Å². The lowest BCUT2D eigenvalue weighted by atomic mass is 9.96. The van der Waals surface area contributed by atoms with Crippen molar-refractivity contribution >= 4 is 30.7 Å². The summed E-state index contributed by atoms with van der Waals surface area (Å²) in [5, 5.41) is 3.04. The zero-order valence-corrected chi connectivity index (χ0v) is 16.5. The van der Waals surface area contributed by atoms with Crippen molar-refractivity contribution in [2.24, 2.45) is 11.7 Å². The molecule has 0 aromatic heterocycles. The predicted octanol–water partition coefficient (Wildman–Crippen LogP) is 2.61. The van der Waals surface area contributed by atoms with Crippen LogP contribution >= 0.6 is 24.8 Å². The van der Waals surface area contributed by atoms with Crippen LogP contribution in [0.15, 0.2) is 24.3 Å². The average Bonchev–Trinajstić information content (AvgIpc) is 2.60. The van der Waals surface area contributed by atoms with E-state index in [1.807, 2.05) is 12.1 Å². The normalized spacial score (nSPS) is 15.0. The molecular weight excluding hydrogens is 361 g/mol. The molecule has 0 radical (unpaired) electrons. The van der Waals surface area contributed by atoms with Gasteiger partial charge < -0.3 is 15.8 Å². The Labute approximate surface area is 163 Å². The standard InChI is InChI=1S/C18H29N3O2.2ClH/c1-23-17-6-4-16(5-7-17)14-21-11-8-15(9-12-21)13-20-18(22)3-2-10-19;;/h4-7,15H,2-3,8-14,19H2,1H3,(H,20,22);2*1H. The molecule has 5 nitrogen and oxygen atoms in total. The number of hydrogen-bond acceptors (Lipinski definition) is 4. The van der Waals surface area contributed by atoms with E-state index < -0.39 is 0 Å². The average molecular weight is 392 g/mol. The molecule has 1 fully saturated rings. The molecule has 0 aliphatic carbocycles. The quantitative estimate of drug-likeness (QED) is 0.714. The summed E-state index contributed by atoms with van der Waals surface area (Å²) in [6, 6.07) is 8.28. The Morgan fingerprint density at radius 3 is 2.44 bits per heavy atom. The summed E-state index contributed by atoms with van der Waals surface area (Å²) < 4.78 is 5.19. The number of likely N-dealkylation sites (tertiary alicyclic amines) is 1. The molecule has 0 unspecified atom stereocenters. The topological polar surface area (TPSA) is 67.6 Å². The van der Waals surface area contributed by atoms with Gasteiger partial charge in [0.2, 0.25) is 5.91 Å². The Morgan fingerprint density at radius 1 is 1.24 bits per heavy atom. The second-order valence-electron chi connectivity index (χ2n) is 6.26. The molecule has 1 heterocycles. The van der Waals surface area contributed by atoms with Crippen LogP contribution in [0.4, 0.5) is 0 Å². The summed E-state index contributed by atoms with van der Waals surface area (Å²) in [4.78, 5) is 14.1. The maximum absolute atomic E-state index is 11.6. The number of ether oxygens (including phenoxy) is 1. The van der Waals surface area contributed by atoms with E-state index in [1.165, 1.54) is 5.56 Å². The maximum atomic E-state index is 11.6. The van der Waals surface area contributed by atoms with Gasteiger partial charge in [0.05, 0.1) is 7.11 Å². The lowest BCUT2D eigenvalue weighted by molar-refractivity contribution is -0.121. The second-order valence-corrected chi connectivity index (χ2v) is 6.26. The minimum absolute atomic E-state index is 0. The molecule has 1 amide bonds. The molecule has 2 rings (SSSR count). The third-order valence-corrected chi connectivity index (χ3v) is 4.47. The lowest BCUT2D eigenvalue weighted by Gasteiger charge is -2.32. The second kappa shape index (κ2) is 13.2. The zero-order valence-electron chi connectivity index (χ0n) is 14.9. The lowest BCUT2D eigenvalue weighted by Crippen LogP contribution is -2.38. The van der Waals surface area contributed by atoms with Crippen molar-refractivity contribution in [2.75, 3.05) is 33.3 Å². The molecule has 3 N–H and O–H groups in total. The van der Waals surface area contributed by atoms with Gasteiger partial charge in [-0.15, -0.1) is 24.8 Å². The highest BCUT2D eigenvalue weighted by molar-refractivity contribution is 5.85. The number of nitrogens with zero attached hydrogens (tertiary/aromatic N) is 1. The Bertz CT molecular complexity index is 478. The van der Waals surface area contributed by atoms with E-state index in [0.717, 1.165) is 51.2 Å². The summed E-state index contributed by atoms with van der Waals surface area (Å²) in [6.07, 6.45) is 3.61. The third-order valence-electron chi connectivity index (χ3n) is 4.47. The highest BCUT2D eigenvalue weighted by Gasteiger charge is 2.19. The highest BCUT2D eigenvalue weighted by Crippen LogP contribution is 2.19. The predicted molar refractivity (Wildman–Crippen MR) is 107 cm³/mol. The van der Waals surface area contributed by atoms with Crippen LogP contribution in [-0.4, -0.2) is 44.1 Å². The summed E-state index contributed by atoms with van der Waals surface area (Å²) in [5.41, 5.74) is 6.74. The highest BCUT2D eigenvalue weighted by atomic mass is 35.5. The largest absolute Gasteiger partial charge is 0.497 e. The fourth-order valence-electron chi connectivity index (χ4n) is 2.95. The van der Waals surface area contributed by atoms with Gasteiger partial charge in [-0.05, 0) is 62.5 Å². The number of piperidine rings is 1. The Morgan fingerprint density at radius 2 is 1.88 bits per heavy atom. The van der Waals surface area contributed by atoms with Crippen molar-refractivity contribution in [3.05, 3.63) is 29.8 Å². The van der Waals surface area contributed by atoms with Crippen molar-refractivity contribution < 1.29 is 9.53 Å². The monoisotopic (exact) mass is 391 g/mol. The van der Waals surface area contributed by atoms with Crippen LogP contribution in [0, 0.1) is 5.92 Å². The fraction of sp³-hybridized carbons (Fsp3) is 0.611. The third kappa shape index (κ3) is 8.77. The van der Waals surface area contributed by atoms with Crippen LogP contribution in [-0.2, 0) is 11.3 Å². The van der Waals surface area contributed by atoms with Gasteiger partial charge in [-0.3, -0.25) is 9.69 Å². The zero-order chi connectivity index (χ0) is 16.5. The number of hydrogen-bond donors (Lipinski definition) is 2. The van der Waals surface area contributed by atoms with Gasteiger partial charge in [0.25, 0.3) is 0 Å². The molecule has 1 aliphatic rings. The number of carbonyl (C=O) groups excluding carboxylic acids is 1. The van der Waals surface area contributed by atoms with E-state index in [0.29, 0.717) is 18.9 Å². The van der Waals surface area contributed by atoms with Gasteiger partial charge >= 0.3 is 0 Å². The first-order valence-electron chi connectivity index (χ1n) is 8.53. The Kier molecular flexibility index (Phi) is 12.7. The van der Waals surface area contributed by atoms with Gasteiger partial charge in [-0.2, -0.15) is 0 Å². The summed E-state index contributed by atoms with van der Waals surface area (Å²) in [7, 11) is 1.69. The first-order chi connectivity index (χ1) is 11.2. The van der Waals surface area contributed by atoms with Crippen molar-refractivity contribution in [1.29, 1.82) is 0 Å². The Balaban J connectivity index is 0.00000288. The number of carbonyl (C=O) groups is 1. The minimum atomic E-state index is 0. The van der Waals surface area contributed by atoms with E-state index in [4.69, 9.17) is 10.5 Å². The first-order valence-corrected chi connectivity index (χ1v) is 8.53. The first kappa shape index (κ1) is 24.0. The molecule has 0 saturated carbocycles. The van der Waals surface area contributed by atoms with Crippen molar-refractivity contribution in [2.45, 2.75) is 32.2 Å². The summed E-state index contributed by atoms with van der Waals surface area (Å²) >= 11 is 0. The molecular formula is C18H31Cl2N3O2. The van der Waals surface area contributed by atoms with Gasteiger partial charge in [0.1, 0.15) is 5.75 Å².